The van der Waals surface area contributed by atoms with Crippen LogP contribution in [0.2, 0.25) is 0 Å². The molecule has 0 bridgehead atoms. The van der Waals surface area contributed by atoms with E-state index in [1.807, 2.05) is 0 Å². The maximum atomic E-state index is 4.56. The topological polar surface area (TPSA) is 33.1 Å². The first-order chi connectivity index (χ1) is 8.38. The van der Waals surface area contributed by atoms with E-state index < -0.39 is 0 Å². The number of rotatable bonds is 2. The summed E-state index contributed by atoms with van der Waals surface area (Å²) in [4.78, 5) is 7.12. The average Bonchev–Trinajstić information content (AvgIpc) is 2.82. The van der Waals surface area contributed by atoms with Crippen LogP contribution in [0.5, 0.6) is 0 Å². The summed E-state index contributed by atoms with van der Waals surface area (Å²) in [5.74, 6) is 0. The Hall–Kier alpha value is -0.870. The molecule has 1 saturated heterocycles. The normalized spacial score (nSPS) is 25.8. The second kappa shape index (κ2) is 4.78. The molecule has 0 radical (unpaired) electrons. The first-order valence-electron chi connectivity index (χ1n) is 6.86. The van der Waals surface area contributed by atoms with Crippen LogP contribution in [0.4, 0.5) is 0 Å². The lowest BCUT2D eigenvalue weighted by molar-refractivity contribution is 0.183. The summed E-state index contributed by atoms with van der Waals surface area (Å²) in [6, 6.07) is 0.651. The summed E-state index contributed by atoms with van der Waals surface area (Å²) in [6.45, 7) is 7.96. The smallest absolute Gasteiger partial charge is 0.0955 e. The lowest BCUT2D eigenvalue weighted by Crippen LogP contribution is -2.37. The van der Waals surface area contributed by atoms with Crippen LogP contribution in [-0.2, 0) is 13.0 Å². The highest BCUT2D eigenvalue weighted by Crippen LogP contribution is 2.25. The number of hydrogen-bond acceptors (Lipinski definition) is 3. The number of hydrogen-bond donors (Lipinski definition) is 1. The van der Waals surface area contributed by atoms with E-state index in [2.05, 4.69) is 33.0 Å². The highest BCUT2D eigenvalue weighted by molar-refractivity contribution is 5.17. The van der Waals surface area contributed by atoms with Crippen molar-refractivity contribution >= 4 is 0 Å². The van der Waals surface area contributed by atoms with Gasteiger partial charge in [-0.3, -0.25) is 0 Å². The van der Waals surface area contributed by atoms with Crippen LogP contribution >= 0.6 is 0 Å². The highest BCUT2D eigenvalue weighted by Gasteiger charge is 2.24. The second-order valence-electron chi connectivity index (χ2n) is 5.16. The van der Waals surface area contributed by atoms with E-state index in [0.717, 1.165) is 19.5 Å². The van der Waals surface area contributed by atoms with E-state index in [9.17, 15) is 0 Å². The molecule has 2 aliphatic heterocycles. The third-order valence-corrected chi connectivity index (χ3v) is 4.14. The maximum Gasteiger partial charge on any atom is 0.0955 e. The third kappa shape index (κ3) is 2.11. The van der Waals surface area contributed by atoms with Crippen molar-refractivity contribution in [2.75, 3.05) is 26.2 Å². The molecule has 1 aromatic rings. The van der Waals surface area contributed by atoms with E-state index in [-0.39, 0.29) is 0 Å². The van der Waals surface area contributed by atoms with Crippen molar-refractivity contribution in [1.29, 1.82) is 0 Å². The van der Waals surface area contributed by atoms with Gasteiger partial charge in [0, 0.05) is 37.8 Å². The summed E-state index contributed by atoms with van der Waals surface area (Å²) in [7, 11) is 0. The lowest BCUT2D eigenvalue weighted by Gasteiger charge is -2.33. The SMILES string of the molecule is CCN1CCCC(n2cnc3c2CCNC3)C1. The van der Waals surface area contributed by atoms with Crippen molar-refractivity contribution in [3.63, 3.8) is 0 Å². The van der Waals surface area contributed by atoms with Crippen LogP contribution in [0.3, 0.4) is 0 Å². The van der Waals surface area contributed by atoms with Gasteiger partial charge >= 0.3 is 0 Å². The van der Waals surface area contributed by atoms with Crippen molar-refractivity contribution in [3.8, 4) is 0 Å². The van der Waals surface area contributed by atoms with Gasteiger partial charge in [-0.2, -0.15) is 0 Å². The van der Waals surface area contributed by atoms with E-state index >= 15 is 0 Å². The zero-order chi connectivity index (χ0) is 11.7. The van der Waals surface area contributed by atoms with Crippen LogP contribution in [0.1, 0.15) is 37.2 Å². The molecule has 0 saturated carbocycles. The standard InChI is InChI=1S/C13H22N4/c1-2-16-7-3-4-11(9-16)17-10-15-12-8-14-6-5-13(12)17/h10-11,14H,2-9H2,1H3. The summed E-state index contributed by atoms with van der Waals surface area (Å²) in [6.07, 6.45) is 5.84. The Labute approximate surface area is 103 Å². The molecule has 2 aliphatic rings. The molecular weight excluding hydrogens is 212 g/mol. The first kappa shape index (κ1) is 11.2. The average molecular weight is 234 g/mol. The van der Waals surface area contributed by atoms with Crippen LogP contribution in [0.15, 0.2) is 6.33 Å². The fraction of sp³-hybridized carbons (Fsp3) is 0.769. The Morgan fingerprint density at radius 1 is 1.53 bits per heavy atom. The number of likely N-dealkylation sites (tertiary alicyclic amines) is 1. The molecule has 0 aliphatic carbocycles. The molecule has 4 nitrogen and oxygen atoms in total. The van der Waals surface area contributed by atoms with Crippen molar-refractivity contribution in [2.45, 2.75) is 38.8 Å². The monoisotopic (exact) mass is 234 g/mol. The zero-order valence-corrected chi connectivity index (χ0v) is 10.7. The van der Waals surface area contributed by atoms with E-state index in [1.165, 1.54) is 43.9 Å². The predicted molar refractivity (Wildman–Crippen MR) is 68.0 cm³/mol. The van der Waals surface area contributed by atoms with E-state index in [1.54, 1.807) is 0 Å². The van der Waals surface area contributed by atoms with Crippen molar-refractivity contribution in [2.24, 2.45) is 0 Å². The van der Waals surface area contributed by atoms with Gasteiger partial charge in [0.1, 0.15) is 0 Å². The molecule has 3 heterocycles. The summed E-state index contributed by atoms with van der Waals surface area (Å²) >= 11 is 0. The van der Waals surface area contributed by atoms with Crippen LogP contribution in [-0.4, -0.2) is 40.6 Å². The van der Waals surface area contributed by atoms with Crippen LogP contribution < -0.4 is 5.32 Å². The lowest BCUT2D eigenvalue weighted by atomic mass is 10.0. The molecule has 3 rings (SSSR count). The first-order valence-corrected chi connectivity index (χ1v) is 6.86. The molecule has 0 amide bonds. The van der Waals surface area contributed by atoms with E-state index in [0.29, 0.717) is 6.04 Å². The van der Waals surface area contributed by atoms with Gasteiger partial charge in [-0.1, -0.05) is 6.92 Å². The summed E-state index contributed by atoms with van der Waals surface area (Å²) in [5.41, 5.74) is 2.75. The fourth-order valence-corrected chi connectivity index (χ4v) is 3.12. The van der Waals surface area contributed by atoms with Crippen LogP contribution in [0, 0.1) is 0 Å². The molecule has 94 valence electrons. The molecule has 17 heavy (non-hydrogen) atoms. The fourth-order valence-electron chi connectivity index (χ4n) is 3.12. The van der Waals surface area contributed by atoms with Gasteiger partial charge < -0.3 is 14.8 Å². The van der Waals surface area contributed by atoms with Crippen molar-refractivity contribution < 1.29 is 0 Å². The highest BCUT2D eigenvalue weighted by atomic mass is 15.2. The molecule has 1 N–H and O–H groups in total. The number of imidazole rings is 1. The Balaban J connectivity index is 1.81. The number of nitrogens with one attached hydrogen (secondary N) is 1. The molecule has 1 fully saturated rings. The molecule has 0 aromatic carbocycles. The Morgan fingerprint density at radius 3 is 3.35 bits per heavy atom. The molecule has 0 spiro atoms. The van der Waals surface area contributed by atoms with E-state index in [4.69, 9.17) is 0 Å². The quantitative estimate of drug-likeness (QED) is 0.834. The van der Waals surface area contributed by atoms with Crippen molar-refractivity contribution in [3.05, 3.63) is 17.7 Å². The number of nitrogens with zero attached hydrogens (tertiary/aromatic N) is 3. The zero-order valence-electron chi connectivity index (χ0n) is 10.7. The second-order valence-corrected chi connectivity index (χ2v) is 5.16. The third-order valence-electron chi connectivity index (χ3n) is 4.14. The van der Waals surface area contributed by atoms with Gasteiger partial charge in [0.05, 0.1) is 12.0 Å². The molecule has 1 aromatic heterocycles. The summed E-state index contributed by atoms with van der Waals surface area (Å²) in [5, 5.41) is 3.39. The van der Waals surface area contributed by atoms with Gasteiger partial charge in [0.25, 0.3) is 0 Å². The Morgan fingerprint density at radius 2 is 2.47 bits per heavy atom. The number of fused-ring (bicyclic) bond motifs is 1. The van der Waals surface area contributed by atoms with Gasteiger partial charge in [0.2, 0.25) is 0 Å². The number of piperidine rings is 1. The minimum atomic E-state index is 0.651. The Bertz CT molecular complexity index is 385. The number of aromatic nitrogens is 2. The van der Waals surface area contributed by atoms with Gasteiger partial charge in [0.15, 0.2) is 0 Å². The van der Waals surface area contributed by atoms with Gasteiger partial charge in [-0.15, -0.1) is 0 Å². The van der Waals surface area contributed by atoms with Crippen LogP contribution in [0.25, 0.3) is 0 Å². The molecular formula is C13H22N4. The molecule has 1 unspecified atom stereocenters. The minimum absolute atomic E-state index is 0.651. The maximum absolute atomic E-state index is 4.56. The van der Waals surface area contributed by atoms with Crippen molar-refractivity contribution in [1.82, 2.24) is 19.8 Å². The molecule has 1 atom stereocenters. The van der Waals surface area contributed by atoms with Gasteiger partial charge in [-0.25, -0.2) is 4.98 Å². The van der Waals surface area contributed by atoms with Gasteiger partial charge in [-0.05, 0) is 25.9 Å². The predicted octanol–water partition coefficient (Wildman–Crippen LogP) is 1.19. The summed E-state index contributed by atoms with van der Waals surface area (Å²) < 4.78 is 2.46. The number of likely N-dealkylation sites (N-methyl/N-ethyl adjacent to an activating group) is 1. The Kier molecular flexibility index (Phi) is 3.16. The largest absolute Gasteiger partial charge is 0.330 e. The molecule has 4 heteroatoms. The minimum Gasteiger partial charge on any atom is -0.330 e.